The van der Waals surface area contributed by atoms with Gasteiger partial charge in [-0.25, -0.2) is 8.78 Å². The van der Waals surface area contributed by atoms with Gasteiger partial charge in [-0.1, -0.05) is 0 Å². The fourth-order valence-corrected chi connectivity index (χ4v) is 1.64. The largest absolute Gasteiger partial charge is 0.378 e. The van der Waals surface area contributed by atoms with Gasteiger partial charge in [-0.05, 0) is 28.9 Å². The van der Waals surface area contributed by atoms with Gasteiger partial charge in [0.2, 0.25) is 0 Å². The van der Waals surface area contributed by atoms with Crippen molar-refractivity contribution >= 4 is 21.6 Å². The van der Waals surface area contributed by atoms with Crippen molar-refractivity contribution in [3.05, 3.63) is 28.2 Å². The van der Waals surface area contributed by atoms with Gasteiger partial charge in [0.05, 0.1) is 18.2 Å². The summed E-state index contributed by atoms with van der Waals surface area (Å²) in [4.78, 5) is 0. The molecule has 0 bridgehead atoms. The Morgan fingerprint density at radius 1 is 1.53 bits per heavy atom. The van der Waals surface area contributed by atoms with Crippen LogP contribution in [0.25, 0.3) is 0 Å². The molecule has 1 rings (SSSR count). The van der Waals surface area contributed by atoms with Crippen molar-refractivity contribution in [2.75, 3.05) is 5.32 Å². The highest BCUT2D eigenvalue weighted by atomic mass is 79.9. The van der Waals surface area contributed by atoms with Gasteiger partial charge in [-0.2, -0.15) is 5.26 Å². The highest BCUT2D eigenvalue weighted by Crippen LogP contribution is 2.27. The SMILES string of the molecule is CC(CC#N)Nc1c(F)cc(F)cc1Br. The predicted molar refractivity (Wildman–Crippen MR) is 57.4 cm³/mol. The number of halogens is 3. The van der Waals surface area contributed by atoms with E-state index in [0.29, 0.717) is 4.47 Å². The van der Waals surface area contributed by atoms with Crippen molar-refractivity contribution < 1.29 is 8.78 Å². The first-order valence-corrected chi connectivity index (χ1v) is 5.12. The lowest BCUT2D eigenvalue weighted by Gasteiger charge is -2.14. The normalized spacial score (nSPS) is 11.9. The van der Waals surface area contributed by atoms with Crippen LogP contribution in [-0.4, -0.2) is 6.04 Å². The van der Waals surface area contributed by atoms with Crippen molar-refractivity contribution in [1.82, 2.24) is 0 Å². The highest BCUT2D eigenvalue weighted by Gasteiger charge is 2.11. The molecule has 2 nitrogen and oxygen atoms in total. The maximum atomic E-state index is 13.3. The number of nitriles is 1. The van der Waals surface area contributed by atoms with Gasteiger partial charge in [-0.3, -0.25) is 0 Å². The molecule has 1 N–H and O–H groups in total. The molecule has 0 saturated carbocycles. The Labute approximate surface area is 95.0 Å². The van der Waals surface area contributed by atoms with E-state index in [9.17, 15) is 8.78 Å². The molecule has 0 spiro atoms. The first-order valence-electron chi connectivity index (χ1n) is 4.32. The summed E-state index contributed by atoms with van der Waals surface area (Å²) in [5.41, 5.74) is 0.180. The summed E-state index contributed by atoms with van der Waals surface area (Å²) in [5, 5.41) is 11.2. The van der Waals surface area contributed by atoms with Gasteiger partial charge in [0.1, 0.15) is 11.6 Å². The molecule has 1 atom stereocenters. The quantitative estimate of drug-likeness (QED) is 0.917. The zero-order valence-electron chi connectivity index (χ0n) is 8.02. The fourth-order valence-electron chi connectivity index (χ4n) is 1.11. The maximum absolute atomic E-state index is 13.3. The molecule has 1 unspecified atom stereocenters. The fraction of sp³-hybridized carbons (Fsp3) is 0.300. The molecule has 0 fully saturated rings. The van der Waals surface area contributed by atoms with Crippen LogP contribution in [0.15, 0.2) is 16.6 Å². The lowest BCUT2D eigenvalue weighted by molar-refractivity contribution is 0.582. The predicted octanol–water partition coefficient (Wildman–Crippen LogP) is 3.44. The Bertz CT molecular complexity index is 378. The number of nitrogens with zero attached hydrogens (tertiary/aromatic N) is 1. The molecule has 0 amide bonds. The molecule has 0 aliphatic carbocycles. The molecule has 0 radical (unpaired) electrons. The second kappa shape index (κ2) is 5.08. The van der Waals surface area contributed by atoms with E-state index in [1.807, 2.05) is 6.07 Å². The minimum atomic E-state index is -0.674. The van der Waals surface area contributed by atoms with Crippen LogP contribution in [0.3, 0.4) is 0 Å². The third-order valence-electron chi connectivity index (χ3n) is 1.80. The molecule has 0 saturated heterocycles. The van der Waals surface area contributed by atoms with E-state index in [0.717, 1.165) is 6.07 Å². The van der Waals surface area contributed by atoms with Gasteiger partial charge < -0.3 is 5.32 Å². The summed E-state index contributed by atoms with van der Waals surface area (Å²) in [6.45, 7) is 1.75. The summed E-state index contributed by atoms with van der Waals surface area (Å²) in [6, 6.07) is 3.74. The van der Waals surface area contributed by atoms with Crippen LogP contribution >= 0.6 is 15.9 Å². The van der Waals surface area contributed by atoms with E-state index in [-0.39, 0.29) is 18.2 Å². The maximum Gasteiger partial charge on any atom is 0.150 e. The van der Waals surface area contributed by atoms with Crippen LogP contribution in [0.2, 0.25) is 0 Å². The van der Waals surface area contributed by atoms with Crippen LogP contribution in [0, 0.1) is 23.0 Å². The van der Waals surface area contributed by atoms with Crippen molar-refractivity contribution in [2.24, 2.45) is 0 Å². The molecule has 1 aromatic carbocycles. The summed E-state index contributed by atoms with van der Waals surface area (Å²) in [6.07, 6.45) is 0.253. The molecular formula is C10H9BrF2N2. The van der Waals surface area contributed by atoms with Gasteiger partial charge in [0.15, 0.2) is 0 Å². The average Bonchev–Trinajstić information content (AvgIpc) is 2.11. The average molecular weight is 275 g/mol. The van der Waals surface area contributed by atoms with Gasteiger partial charge in [-0.15, -0.1) is 0 Å². The second-order valence-electron chi connectivity index (χ2n) is 3.15. The minimum Gasteiger partial charge on any atom is -0.378 e. The van der Waals surface area contributed by atoms with Crippen molar-refractivity contribution in [3.8, 4) is 6.07 Å². The molecule has 0 aliphatic rings. The second-order valence-corrected chi connectivity index (χ2v) is 4.01. The van der Waals surface area contributed by atoms with Crippen LogP contribution in [-0.2, 0) is 0 Å². The Morgan fingerprint density at radius 3 is 2.73 bits per heavy atom. The molecule has 5 heteroatoms. The Kier molecular flexibility index (Phi) is 4.04. The first-order chi connectivity index (χ1) is 7.04. The van der Waals surface area contributed by atoms with Crippen molar-refractivity contribution in [3.63, 3.8) is 0 Å². The Hall–Kier alpha value is -1.15. The zero-order chi connectivity index (χ0) is 11.4. The number of hydrogen-bond donors (Lipinski definition) is 1. The highest BCUT2D eigenvalue weighted by molar-refractivity contribution is 9.10. The van der Waals surface area contributed by atoms with Crippen molar-refractivity contribution in [2.45, 2.75) is 19.4 Å². The third-order valence-corrected chi connectivity index (χ3v) is 2.42. The number of anilines is 1. The number of nitrogens with one attached hydrogen (secondary N) is 1. The van der Waals surface area contributed by atoms with Crippen LogP contribution in [0.5, 0.6) is 0 Å². The van der Waals surface area contributed by atoms with E-state index in [2.05, 4.69) is 21.2 Å². The van der Waals surface area contributed by atoms with E-state index in [4.69, 9.17) is 5.26 Å². The van der Waals surface area contributed by atoms with Crippen LogP contribution in [0.4, 0.5) is 14.5 Å². The number of hydrogen-bond acceptors (Lipinski definition) is 2. The summed E-state index contributed by atoms with van der Waals surface area (Å²) in [5.74, 6) is -1.32. The molecule has 0 aromatic heterocycles. The standard InChI is InChI=1S/C10H9BrF2N2/c1-6(2-3-14)15-10-8(11)4-7(12)5-9(10)13/h4-6,15H,2H2,1H3. The third kappa shape index (κ3) is 3.17. The van der Waals surface area contributed by atoms with Crippen LogP contribution < -0.4 is 5.32 Å². The number of rotatable bonds is 3. The molecule has 15 heavy (non-hydrogen) atoms. The minimum absolute atomic E-state index is 0.180. The van der Waals surface area contributed by atoms with Gasteiger partial charge >= 0.3 is 0 Å². The summed E-state index contributed by atoms with van der Waals surface area (Å²) >= 11 is 3.05. The van der Waals surface area contributed by atoms with E-state index < -0.39 is 11.6 Å². The van der Waals surface area contributed by atoms with Crippen LogP contribution in [0.1, 0.15) is 13.3 Å². The summed E-state index contributed by atoms with van der Waals surface area (Å²) in [7, 11) is 0. The molecule has 0 aliphatic heterocycles. The van der Waals surface area contributed by atoms with Gasteiger partial charge in [0, 0.05) is 16.6 Å². The first kappa shape index (κ1) is 11.9. The molecular weight excluding hydrogens is 266 g/mol. The lowest BCUT2D eigenvalue weighted by atomic mass is 10.2. The summed E-state index contributed by atoms with van der Waals surface area (Å²) < 4.78 is 26.4. The smallest absolute Gasteiger partial charge is 0.150 e. The molecule has 0 heterocycles. The lowest BCUT2D eigenvalue weighted by Crippen LogP contribution is -2.15. The van der Waals surface area contributed by atoms with Crippen molar-refractivity contribution in [1.29, 1.82) is 5.26 Å². The Balaban J connectivity index is 2.91. The molecule has 80 valence electrons. The topological polar surface area (TPSA) is 35.8 Å². The zero-order valence-corrected chi connectivity index (χ0v) is 9.61. The van der Waals surface area contributed by atoms with E-state index in [1.165, 1.54) is 6.07 Å². The van der Waals surface area contributed by atoms with E-state index >= 15 is 0 Å². The Morgan fingerprint density at radius 2 is 2.20 bits per heavy atom. The van der Waals surface area contributed by atoms with Gasteiger partial charge in [0.25, 0.3) is 0 Å². The molecule has 1 aromatic rings. The number of benzene rings is 1. The monoisotopic (exact) mass is 274 g/mol. The van der Waals surface area contributed by atoms with E-state index in [1.54, 1.807) is 6.92 Å².